The number of likely N-dealkylation sites (tertiary alicyclic amines) is 1. The number of anilines is 2. The van der Waals surface area contributed by atoms with Crippen LogP contribution in [0.15, 0.2) is 24.3 Å². The fraction of sp³-hybridized carbons (Fsp3) is 0.542. The summed E-state index contributed by atoms with van der Waals surface area (Å²) < 4.78 is 0. The first-order valence-electron chi connectivity index (χ1n) is 11.9. The van der Waals surface area contributed by atoms with Gasteiger partial charge >= 0.3 is 6.03 Å². The van der Waals surface area contributed by atoms with Crippen molar-refractivity contribution in [2.45, 2.75) is 38.1 Å². The smallest absolute Gasteiger partial charge is 0.318 e. The maximum atomic E-state index is 13.0. The molecule has 3 heterocycles. The van der Waals surface area contributed by atoms with E-state index in [0.29, 0.717) is 42.9 Å². The molecule has 3 N–H and O–H groups in total. The zero-order chi connectivity index (χ0) is 22.9. The normalized spacial score (nSPS) is 21.9. The molecular formula is C24H31ClN6O2. The number of nitrogens with one attached hydrogen (secondary N) is 1. The van der Waals surface area contributed by atoms with Crippen LogP contribution in [0.1, 0.15) is 32.1 Å². The molecule has 1 atom stereocenters. The first kappa shape index (κ1) is 22.1. The zero-order valence-electron chi connectivity index (χ0n) is 18.8. The van der Waals surface area contributed by atoms with Crippen LogP contribution in [0.2, 0.25) is 5.02 Å². The number of nitrogen functional groups attached to an aromatic ring is 1. The van der Waals surface area contributed by atoms with E-state index in [1.807, 2.05) is 34.1 Å². The number of urea groups is 1. The number of benzene rings is 1. The van der Waals surface area contributed by atoms with Crippen molar-refractivity contribution >= 4 is 45.9 Å². The summed E-state index contributed by atoms with van der Waals surface area (Å²) in [7, 11) is 0. The van der Waals surface area contributed by atoms with Crippen LogP contribution in [0, 0.1) is 5.92 Å². The third-order valence-electron chi connectivity index (χ3n) is 6.93. The molecule has 1 aromatic heterocycles. The van der Waals surface area contributed by atoms with Crippen molar-refractivity contribution in [3.05, 3.63) is 29.3 Å². The molecule has 5 rings (SSSR count). The monoisotopic (exact) mass is 470 g/mol. The zero-order valence-corrected chi connectivity index (χ0v) is 19.6. The van der Waals surface area contributed by atoms with Gasteiger partial charge in [-0.15, -0.1) is 0 Å². The molecule has 33 heavy (non-hydrogen) atoms. The molecule has 1 aliphatic carbocycles. The van der Waals surface area contributed by atoms with Crippen LogP contribution in [0.5, 0.6) is 0 Å². The number of pyridine rings is 1. The van der Waals surface area contributed by atoms with Gasteiger partial charge in [0.1, 0.15) is 11.9 Å². The average Bonchev–Trinajstić information content (AvgIpc) is 3.64. The van der Waals surface area contributed by atoms with E-state index in [9.17, 15) is 9.59 Å². The molecule has 3 fully saturated rings. The number of rotatable bonds is 4. The van der Waals surface area contributed by atoms with E-state index in [1.54, 1.807) is 0 Å². The minimum absolute atomic E-state index is 0.0868. The first-order chi connectivity index (χ1) is 16.0. The lowest BCUT2D eigenvalue weighted by molar-refractivity contribution is -0.132. The van der Waals surface area contributed by atoms with Gasteiger partial charge in [-0.25, -0.2) is 9.78 Å². The number of nitrogens with zero attached hydrogens (tertiary/aromatic N) is 4. The topological polar surface area (TPSA) is 94.8 Å². The Kier molecular flexibility index (Phi) is 6.19. The van der Waals surface area contributed by atoms with Crippen LogP contribution in [0.3, 0.4) is 0 Å². The minimum atomic E-state index is -0.412. The summed E-state index contributed by atoms with van der Waals surface area (Å²) >= 11 is 6.13. The molecule has 1 aromatic carbocycles. The summed E-state index contributed by atoms with van der Waals surface area (Å²) in [5, 5.41) is 4.65. The summed E-state index contributed by atoms with van der Waals surface area (Å²) in [4.78, 5) is 36.4. The van der Waals surface area contributed by atoms with Crippen molar-refractivity contribution in [2.75, 3.05) is 49.9 Å². The Labute approximate surface area is 199 Å². The summed E-state index contributed by atoms with van der Waals surface area (Å²) in [6.45, 7) is 4.18. The molecular weight excluding hydrogens is 440 g/mol. The van der Waals surface area contributed by atoms with E-state index in [2.05, 4.69) is 15.2 Å². The Morgan fingerprint density at radius 3 is 2.64 bits per heavy atom. The Hall–Kier alpha value is -2.74. The van der Waals surface area contributed by atoms with Gasteiger partial charge in [-0.2, -0.15) is 0 Å². The van der Waals surface area contributed by atoms with Gasteiger partial charge in [-0.3, -0.25) is 4.79 Å². The van der Waals surface area contributed by atoms with Gasteiger partial charge in [0.2, 0.25) is 5.91 Å². The number of nitrogens with two attached hydrogens (primary N) is 1. The highest BCUT2D eigenvalue weighted by Gasteiger charge is 2.33. The molecule has 3 amide bonds. The number of carbonyl (C=O) groups excluding carboxylic acids is 2. The van der Waals surface area contributed by atoms with Crippen molar-refractivity contribution in [3.63, 3.8) is 0 Å². The summed E-state index contributed by atoms with van der Waals surface area (Å²) in [6, 6.07) is 6.95. The highest BCUT2D eigenvalue weighted by molar-refractivity contribution is 6.31. The number of piperazine rings is 1. The van der Waals surface area contributed by atoms with Crippen molar-refractivity contribution < 1.29 is 9.59 Å². The molecule has 1 saturated carbocycles. The van der Waals surface area contributed by atoms with Gasteiger partial charge in [0.05, 0.1) is 5.52 Å². The summed E-state index contributed by atoms with van der Waals surface area (Å²) in [5.41, 5.74) is 7.81. The second-order valence-electron chi connectivity index (χ2n) is 9.43. The number of halogens is 1. The first-order valence-corrected chi connectivity index (χ1v) is 12.3. The number of amides is 3. The molecule has 9 heteroatoms. The third kappa shape index (κ3) is 4.95. The van der Waals surface area contributed by atoms with Gasteiger partial charge in [0, 0.05) is 61.4 Å². The quantitative estimate of drug-likeness (QED) is 0.716. The van der Waals surface area contributed by atoms with Crippen LogP contribution < -0.4 is 16.0 Å². The largest absolute Gasteiger partial charge is 0.384 e. The lowest BCUT2D eigenvalue weighted by Crippen LogP contribution is -2.56. The number of carbonyl (C=O) groups is 2. The second-order valence-corrected chi connectivity index (χ2v) is 9.86. The van der Waals surface area contributed by atoms with Gasteiger partial charge in [0.15, 0.2) is 0 Å². The van der Waals surface area contributed by atoms with E-state index >= 15 is 0 Å². The lowest BCUT2D eigenvalue weighted by Gasteiger charge is -2.37. The average molecular weight is 471 g/mol. The third-order valence-corrected chi connectivity index (χ3v) is 7.17. The van der Waals surface area contributed by atoms with Gasteiger partial charge in [-0.05, 0) is 56.2 Å². The van der Waals surface area contributed by atoms with E-state index in [0.717, 1.165) is 48.9 Å². The second kappa shape index (κ2) is 9.25. The standard InChI is InChI=1S/C24H31ClN6O2/c25-17-6-7-18-20(13-17)27-22(26)14-21(18)29-9-11-30(12-10-29)24(33)28-19-3-1-2-8-31(23(19)32)15-16-4-5-16/h6-7,13-14,16,19H,1-5,8-12,15H2,(H2,26,27)(H,28,33)/t19-/m0/s1. The van der Waals surface area contributed by atoms with Crippen molar-refractivity contribution in [2.24, 2.45) is 5.92 Å². The van der Waals surface area contributed by atoms with E-state index < -0.39 is 6.04 Å². The van der Waals surface area contributed by atoms with E-state index in [4.69, 9.17) is 17.3 Å². The fourth-order valence-corrected chi connectivity index (χ4v) is 5.05. The van der Waals surface area contributed by atoms with E-state index in [-0.39, 0.29) is 11.9 Å². The number of hydrogen-bond donors (Lipinski definition) is 2. The molecule has 2 aliphatic heterocycles. The lowest BCUT2D eigenvalue weighted by atomic mass is 10.1. The minimum Gasteiger partial charge on any atom is -0.384 e. The fourth-order valence-electron chi connectivity index (χ4n) is 4.89. The molecule has 0 radical (unpaired) electrons. The van der Waals surface area contributed by atoms with Gasteiger partial charge < -0.3 is 25.8 Å². The van der Waals surface area contributed by atoms with Gasteiger partial charge in [-0.1, -0.05) is 11.6 Å². The van der Waals surface area contributed by atoms with Crippen LogP contribution in [-0.4, -0.2) is 72.0 Å². The molecule has 0 unspecified atom stereocenters. The molecule has 2 saturated heterocycles. The number of fused-ring (bicyclic) bond motifs is 1. The van der Waals surface area contributed by atoms with Crippen molar-refractivity contribution in [3.8, 4) is 0 Å². The van der Waals surface area contributed by atoms with E-state index in [1.165, 1.54) is 12.8 Å². The molecule has 0 bridgehead atoms. The Balaban J connectivity index is 1.22. The van der Waals surface area contributed by atoms with Crippen molar-refractivity contribution in [1.29, 1.82) is 0 Å². The Bertz CT molecular complexity index is 1050. The van der Waals surface area contributed by atoms with Gasteiger partial charge in [0.25, 0.3) is 0 Å². The SMILES string of the molecule is Nc1cc(N2CCN(C(=O)N[C@H]3CCCCN(CC4CC4)C3=O)CC2)c2ccc(Cl)cc2n1. The maximum Gasteiger partial charge on any atom is 0.318 e. The predicted octanol–water partition coefficient (Wildman–Crippen LogP) is 3.09. The predicted molar refractivity (Wildman–Crippen MR) is 130 cm³/mol. The Morgan fingerprint density at radius 2 is 1.88 bits per heavy atom. The number of hydrogen-bond acceptors (Lipinski definition) is 5. The number of aromatic nitrogens is 1. The van der Waals surface area contributed by atoms with Crippen LogP contribution in [0.4, 0.5) is 16.3 Å². The van der Waals surface area contributed by atoms with Crippen LogP contribution >= 0.6 is 11.6 Å². The molecule has 0 spiro atoms. The maximum absolute atomic E-state index is 13.0. The molecule has 3 aliphatic rings. The molecule has 2 aromatic rings. The highest BCUT2D eigenvalue weighted by Crippen LogP contribution is 2.31. The molecule has 8 nitrogen and oxygen atoms in total. The molecule has 176 valence electrons. The van der Waals surface area contributed by atoms with Crippen molar-refractivity contribution in [1.82, 2.24) is 20.1 Å². The summed E-state index contributed by atoms with van der Waals surface area (Å²) in [6.07, 6.45) is 5.13. The van der Waals surface area contributed by atoms with Crippen LogP contribution in [0.25, 0.3) is 10.9 Å². The summed E-state index contributed by atoms with van der Waals surface area (Å²) in [5.74, 6) is 1.19. The Morgan fingerprint density at radius 1 is 1.09 bits per heavy atom. The highest BCUT2D eigenvalue weighted by atomic mass is 35.5. The van der Waals surface area contributed by atoms with Crippen LogP contribution in [-0.2, 0) is 4.79 Å².